The third-order valence-corrected chi connectivity index (χ3v) is 7.49. The molecule has 156 valence electrons. The van der Waals surface area contributed by atoms with Gasteiger partial charge in [0.1, 0.15) is 0 Å². The van der Waals surface area contributed by atoms with E-state index in [9.17, 15) is 8.42 Å². The molecule has 0 saturated carbocycles. The fraction of sp³-hybridized carbons (Fsp3) is 0.318. The first-order chi connectivity index (χ1) is 14.5. The maximum absolute atomic E-state index is 13.1. The molecule has 1 atom stereocenters. The molecule has 3 aromatic heterocycles. The van der Waals surface area contributed by atoms with E-state index in [1.54, 1.807) is 18.3 Å². The zero-order chi connectivity index (χ0) is 20.7. The second-order valence-electron chi connectivity index (χ2n) is 7.93. The summed E-state index contributed by atoms with van der Waals surface area (Å²) in [5.41, 5.74) is 3.03. The molecule has 4 aromatic rings. The average Bonchev–Trinajstić information content (AvgIpc) is 3.49. The van der Waals surface area contributed by atoms with Crippen LogP contribution in [0.2, 0.25) is 0 Å². The fourth-order valence-electron chi connectivity index (χ4n) is 4.49. The number of benzene rings is 1. The highest BCUT2D eigenvalue weighted by Gasteiger charge is 2.28. The second kappa shape index (κ2) is 7.54. The van der Waals surface area contributed by atoms with Gasteiger partial charge < -0.3 is 9.55 Å². The van der Waals surface area contributed by atoms with Crippen molar-refractivity contribution in [1.29, 1.82) is 0 Å². The Morgan fingerprint density at radius 1 is 1.20 bits per heavy atom. The van der Waals surface area contributed by atoms with Crippen LogP contribution in [0.25, 0.3) is 21.8 Å². The molecule has 1 saturated heterocycles. The first-order valence-corrected chi connectivity index (χ1v) is 11.7. The van der Waals surface area contributed by atoms with Gasteiger partial charge in [0, 0.05) is 49.3 Å². The van der Waals surface area contributed by atoms with Crippen LogP contribution in [0.3, 0.4) is 0 Å². The Kier molecular flexibility index (Phi) is 4.85. The van der Waals surface area contributed by atoms with E-state index in [4.69, 9.17) is 0 Å². The van der Waals surface area contributed by atoms with Crippen LogP contribution in [0.4, 0.5) is 0 Å². The number of H-pyrrole nitrogens is 1. The molecule has 0 spiro atoms. The van der Waals surface area contributed by atoms with E-state index in [0.717, 1.165) is 53.3 Å². The van der Waals surface area contributed by atoms with Gasteiger partial charge in [-0.1, -0.05) is 6.07 Å². The molecule has 1 aliphatic heterocycles. The number of nitrogens with one attached hydrogen (secondary N) is 2. The minimum atomic E-state index is -3.63. The summed E-state index contributed by atoms with van der Waals surface area (Å²) < 4.78 is 31.1. The summed E-state index contributed by atoms with van der Waals surface area (Å²) in [6.45, 7) is 2.26. The SMILES string of the molecule is Cn1cc([C@H](CNS(=O)(=O)c2ccc3cc[nH]c3c2)N2CCCC2)c2cnccc21. The molecule has 0 aliphatic carbocycles. The minimum absolute atomic E-state index is 0.0376. The third-order valence-electron chi connectivity index (χ3n) is 6.07. The van der Waals surface area contributed by atoms with Crippen molar-refractivity contribution in [2.75, 3.05) is 19.6 Å². The number of aromatic nitrogens is 3. The number of fused-ring (bicyclic) bond motifs is 2. The lowest BCUT2D eigenvalue weighted by atomic mass is 10.1. The predicted octanol–water partition coefficient (Wildman–Crippen LogP) is 3.17. The zero-order valence-corrected chi connectivity index (χ0v) is 17.7. The highest BCUT2D eigenvalue weighted by molar-refractivity contribution is 7.89. The molecule has 30 heavy (non-hydrogen) atoms. The Bertz CT molecular complexity index is 1300. The summed E-state index contributed by atoms with van der Waals surface area (Å²) in [5, 5.41) is 2.07. The number of aryl methyl sites for hydroxylation is 1. The van der Waals surface area contributed by atoms with E-state index in [0.29, 0.717) is 6.54 Å². The van der Waals surface area contributed by atoms with Gasteiger partial charge in [0.15, 0.2) is 0 Å². The molecular weight excluding hydrogens is 398 g/mol. The smallest absolute Gasteiger partial charge is 0.240 e. The lowest BCUT2D eigenvalue weighted by Crippen LogP contribution is -2.36. The van der Waals surface area contributed by atoms with Crippen LogP contribution in [0.15, 0.2) is 60.0 Å². The molecule has 7 nitrogen and oxygen atoms in total. The molecule has 1 fully saturated rings. The van der Waals surface area contributed by atoms with E-state index in [2.05, 4.69) is 30.4 Å². The Balaban J connectivity index is 1.46. The number of sulfonamides is 1. The van der Waals surface area contributed by atoms with Gasteiger partial charge in [-0.15, -0.1) is 0 Å². The summed E-state index contributed by atoms with van der Waals surface area (Å²) in [7, 11) is -1.61. The summed E-state index contributed by atoms with van der Waals surface area (Å²) in [4.78, 5) is 10.0. The number of aromatic amines is 1. The lowest BCUT2D eigenvalue weighted by molar-refractivity contribution is 0.247. The van der Waals surface area contributed by atoms with Gasteiger partial charge in [0.25, 0.3) is 0 Å². The van der Waals surface area contributed by atoms with E-state index in [1.807, 2.05) is 37.6 Å². The highest BCUT2D eigenvalue weighted by Crippen LogP contribution is 2.31. The monoisotopic (exact) mass is 423 g/mol. The largest absolute Gasteiger partial charge is 0.361 e. The number of likely N-dealkylation sites (tertiary alicyclic amines) is 1. The van der Waals surface area contributed by atoms with Crippen molar-refractivity contribution >= 4 is 31.8 Å². The third kappa shape index (κ3) is 3.40. The normalized spacial score (nSPS) is 16.6. The van der Waals surface area contributed by atoms with Gasteiger partial charge in [0.05, 0.1) is 16.5 Å². The van der Waals surface area contributed by atoms with Crippen molar-refractivity contribution < 1.29 is 8.42 Å². The molecule has 0 unspecified atom stereocenters. The van der Waals surface area contributed by atoms with Crippen LogP contribution < -0.4 is 4.72 Å². The number of hydrogen-bond acceptors (Lipinski definition) is 4. The Hall–Kier alpha value is -2.68. The van der Waals surface area contributed by atoms with Crippen LogP contribution in [0, 0.1) is 0 Å². The summed E-state index contributed by atoms with van der Waals surface area (Å²) in [6, 6.07) is 9.06. The fourth-order valence-corrected chi connectivity index (χ4v) is 5.55. The topological polar surface area (TPSA) is 83.0 Å². The standard InChI is InChI=1S/C22H25N5O2S/c1-26-15-19(18-13-23-8-7-21(18)26)22(27-10-2-3-11-27)14-25-30(28,29)17-5-4-16-6-9-24-20(16)12-17/h4-9,12-13,15,22,24-25H,2-3,10-11,14H2,1H3/t22-/m0/s1. The van der Waals surface area contributed by atoms with E-state index < -0.39 is 10.0 Å². The van der Waals surface area contributed by atoms with Gasteiger partial charge in [-0.3, -0.25) is 9.88 Å². The minimum Gasteiger partial charge on any atom is -0.361 e. The zero-order valence-electron chi connectivity index (χ0n) is 16.9. The Labute approximate surface area is 175 Å². The van der Waals surface area contributed by atoms with E-state index in [-0.39, 0.29) is 10.9 Å². The molecule has 1 aromatic carbocycles. The summed E-state index contributed by atoms with van der Waals surface area (Å²) >= 11 is 0. The predicted molar refractivity (Wildman–Crippen MR) is 118 cm³/mol. The Morgan fingerprint density at radius 2 is 2.03 bits per heavy atom. The molecule has 0 radical (unpaired) electrons. The molecular formula is C22H25N5O2S. The number of hydrogen-bond donors (Lipinski definition) is 2. The van der Waals surface area contributed by atoms with Crippen molar-refractivity contribution in [3.63, 3.8) is 0 Å². The molecule has 0 bridgehead atoms. The maximum atomic E-state index is 13.1. The van der Waals surface area contributed by atoms with Gasteiger partial charge in [-0.2, -0.15) is 0 Å². The maximum Gasteiger partial charge on any atom is 0.240 e. The highest BCUT2D eigenvalue weighted by atomic mass is 32.2. The Morgan fingerprint density at radius 3 is 2.87 bits per heavy atom. The molecule has 8 heteroatoms. The van der Waals surface area contributed by atoms with Crippen molar-refractivity contribution in [3.05, 3.63) is 60.7 Å². The van der Waals surface area contributed by atoms with Gasteiger partial charge >= 0.3 is 0 Å². The van der Waals surface area contributed by atoms with Crippen molar-refractivity contribution in [3.8, 4) is 0 Å². The van der Waals surface area contributed by atoms with E-state index in [1.165, 1.54) is 0 Å². The average molecular weight is 424 g/mol. The van der Waals surface area contributed by atoms with Crippen molar-refractivity contribution in [1.82, 2.24) is 24.2 Å². The molecule has 5 rings (SSSR count). The van der Waals surface area contributed by atoms with Crippen molar-refractivity contribution in [2.45, 2.75) is 23.8 Å². The van der Waals surface area contributed by atoms with Crippen molar-refractivity contribution in [2.24, 2.45) is 7.05 Å². The number of rotatable bonds is 6. The van der Waals surface area contributed by atoms with E-state index >= 15 is 0 Å². The first-order valence-electron chi connectivity index (χ1n) is 10.2. The number of nitrogens with zero attached hydrogens (tertiary/aromatic N) is 3. The summed E-state index contributed by atoms with van der Waals surface area (Å²) in [6.07, 6.45) is 9.85. The van der Waals surface area contributed by atoms with Crippen LogP contribution in [0.5, 0.6) is 0 Å². The molecule has 1 aliphatic rings. The van der Waals surface area contributed by atoms with Crippen LogP contribution in [0.1, 0.15) is 24.4 Å². The van der Waals surface area contributed by atoms with Crippen LogP contribution >= 0.6 is 0 Å². The van der Waals surface area contributed by atoms with Crippen LogP contribution in [-0.2, 0) is 17.1 Å². The second-order valence-corrected chi connectivity index (χ2v) is 9.69. The first kappa shape index (κ1) is 19.3. The molecule has 4 heterocycles. The summed E-state index contributed by atoms with van der Waals surface area (Å²) in [5.74, 6) is 0. The van der Waals surface area contributed by atoms with Gasteiger partial charge in [-0.05, 0) is 61.1 Å². The van der Waals surface area contributed by atoms with Crippen LogP contribution in [-0.4, -0.2) is 47.5 Å². The van der Waals surface area contributed by atoms with Gasteiger partial charge in [0.2, 0.25) is 10.0 Å². The molecule has 2 N–H and O–H groups in total. The number of pyridine rings is 1. The quantitative estimate of drug-likeness (QED) is 0.499. The van der Waals surface area contributed by atoms with Gasteiger partial charge in [-0.25, -0.2) is 13.1 Å². The lowest BCUT2D eigenvalue weighted by Gasteiger charge is -2.27. The molecule has 0 amide bonds.